The number of likely N-dealkylation sites (tertiary alicyclic amines) is 1. The van der Waals surface area contributed by atoms with Crippen molar-refractivity contribution in [3.8, 4) is 5.75 Å². The van der Waals surface area contributed by atoms with Crippen molar-refractivity contribution in [2.45, 2.75) is 19.3 Å². The minimum absolute atomic E-state index is 0.00980. The van der Waals surface area contributed by atoms with Gasteiger partial charge in [-0.2, -0.15) is 0 Å². The van der Waals surface area contributed by atoms with E-state index >= 15 is 0 Å². The summed E-state index contributed by atoms with van der Waals surface area (Å²) in [5.74, 6) is -2.56. The molecule has 0 aromatic heterocycles. The minimum Gasteiger partial charge on any atom is -0.493 e. The first-order chi connectivity index (χ1) is 13.8. The standard InChI is InChI=1S/C21H21ClF2N2O3/c22-14-5-7-15(8-6-14)29-13-21(11-18(25)27)9-2-10-26(12-21)20(28)19-16(23)3-1-4-17(19)24/h1,3-8H,2,9-13H2,(H2,25,27). The number of piperidine rings is 1. The first kappa shape index (κ1) is 21.0. The maximum absolute atomic E-state index is 14.1. The van der Waals surface area contributed by atoms with Gasteiger partial charge in [0.15, 0.2) is 0 Å². The number of ether oxygens (including phenoxy) is 1. The van der Waals surface area contributed by atoms with Crippen LogP contribution in [0.4, 0.5) is 8.78 Å². The molecular formula is C21H21ClF2N2O3. The third-order valence-electron chi connectivity index (χ3n) is 5.03. The largest absolute Gasteiger partial charge is 0.493 e. The SMILES string of the molecule is NC(=O)CC1(COc2ccc(Cl)cc2)CCCN(C(=O)c2c(F)cccc2F)C1. The topological polar surface area (TPSA) is 72.6 Å². The lowest BCUT2D eigenvalue weighted by molar-refractivity contribution is -0.122. The molecule has 5 nitrogen and oxygen atoms in total. The van der Waals surface area contributed by atoms with Gasteiger partial charge in [-0.05, 0) is 49.2 Å². The van der Waals surface area contributed by atoms with Gasteiger partial charge in [0.05, 0.1) is 6.61 Å². The minimum atomic E-state index is -0.918. The normalized spacial score (nSPS) is 19.1. The Morgan fingerprint density at radius 1 is 1.14 bits per heavy atom. The van der Waals surface area contributed by atoms with Gasteiger partial charge in [-0.1, -0.05) is 17.7 Å². The molecule has 3 rings (SSSR count). The molecule has 2 aromatic rings. The monoisotopic (exact) mass is 422 g/mol. The third-order valence-corrected chi connectivity index (χ3v) is 5.29. The Balaban J connectivity index is 1.80. The van der Waals surface area contributed by atoms with Gasteiger partial charge in [-0.3, -0.25) is 9.59 Å². The number of nitrogens with two attached hydrogens (primary N) is 1. The van der Waals surface area contributed by atoms with E-state index in [1.807, 2.05) is 0 Å². The molecule has 0 radical (unpaired) electrons. The van der Waals surface area contributed by atoms with Crippen LogP contribution in [0.1, 0.15) is 29.6 Å². The van der Waals surface area contributed by atoms with Gasteiger partial charge in [-0.25, -0.2) is 8.78 Å². The van der Waals surface area contributed by atoms with Crippen molar-refractivity contribution in [1.29, 1.82) is 0 Å². The molecule has 0 bridgehead atoms. The lowest BCUT2D eigenvalue weighted by Crippen LogP contribution is -2.50. The number of rotatable bonds is 6. The van der Waals surface area contributed by atoms with Crippen molar-refractivity contribution in [1.82, 2.24) is 4.90 Å². The molecule has 8 heteroatoms. The fourth-order valence-electron chi connectivity index (χ4n) is 3.69. The Kier molecular flexibility index (Phi) is 6.37. The average molecular weight is 423 g/mol. The van der Waals surface area contributed by atoms with E-state index < -0.39 is 34.4 Å². The number of nitrogens with zero attached hydrogens (tertiary/aromatic N) is 1. The van der Waals surface area contributed by atoms with Crippen LogP contribution in [0, 0.1) is 17.0 Å². The van der Waals surface area contributed by atoms with E-state index in [0.29, 0.717) is 30.2 Å². The van der Waals surface area contributed by atoms with Crippen LogP contribution in [0.2, 0.25) is 5.02 Å². The quantitative estimate of drug-likeness (QED) is 0.769. The zero-order valence-corrected chi connectivity index (χ0v) is 16.4. The van der Waals surface area contributed by atoms with E-state index in [1.165, 1.54) is 11.0 Å². The average Bonchev–Trinajstić information content (AvgIpc) is 2.67. The Hall–Kier alpha value is -2.67. The highest BCUT2D eigenvalue weighted by atomic mass is 35.5. The second kappa shape index (κ2) is 8.78. The summed E-state index contributed by atoms with van der Waals surface area (Å²) in [6.07, 6.45) is 1.14. The highest BCUT2D eigenvalue weighted by Crippen LogP contribution is 2.35. The zero-order valence-electron chi connectivity index (χ0n) is 15.7. The van der Waals surface area contributed by atoms with E-state index in [2.05, 4.69) is 0 Å². The Bertz CT molecular complexity index is 887. The molecule has 29 heavy (non-hydrogen) atoms. The van der Waals surface area contributed by atoms with E-state index in [-0.39, 0.29) is 19.6 Å². The van der Waals surface area contributed by atoms with Gasteiger partial charge in [-0.15, -0.1) is 0 Å². The molecule has 0 aliphatic carbocycles. The summed E-state index contributed by atoms with van der Waals surface area (Å²) in [6.45, 7) is 0.561. The lowest BCUT2D eigenvalue weighted by Gasteiger charge is -2.42. The van der Waals surface area contributed by atoms with Gasteiger partial charge in [0.1, 0.15) is 22.9 Å². The fraction of sp³-hybridized carbons (Fsp3) is 0.333. The number of benzene rings is 2. The van der Waals surface area contributed by atoms with Crippen molar-refractivity contribution >= 4 is 23.4 Å². The molecule has 2 N–H and O–H groups in total. The molecule has 1 aliphatic rings. The maximum Gasteiger partial charge on any atom is 0.259 e. The van der Waals surface area contributed by atoms with E-state index in [1.54, 1.807) is 24.3 Å². The number of hydrogen-bond donors (Lipinski definition) is 1. The Labute approximate surface area is 172 Å². The molecule has 1 atom stereocenters. The third kappa shape index (κ3) is 5.03. The molecule has 1 saturated heterocycles. The van der Waals surface area contributed by atoms with Crippen molar-refractivity contribution in [2.24, 2.45) is 11.1 Å². The first-order valence-corrected chi connectivity index (χ1v) is 9.57. The Morgan fingerprint density at radius 2 is 1.79 bits per heavy atom. The van der Waals surface area contributed by atoms with Crippen molar-refractivity contribution in [3.05, 3.63) is 64.7 Å². The molecule has 1 aliphatic heterocycles. The van der Waals surface area contributed by atoms with Gasteiger partial charge >= 0.3 is 0 Å². The summed E-state index contributed by atoms with van der Waals surface area (Å²) in [4.78, 5) is 25.9. The summed E-state index contributed by atoms with van der Waals surface area (Å²) in [5.41, 5.74) is 4.10. The molecule has 2 aromatic carbocycles. The maximum atomic E-state index is 14.1. The van der Waals surface area contributed by atoms with Crippen LogP contribution in [0.15, 0.2) is 42.5 Å². The van der Waals surface area contributed by atoms with Crippen LogP contribution in [0.25, 0.3) is 0 Å². The van der Waals surface area contributed by atoms with Gasteiger partial charge in [0.2, 0.25) is 5.91 Å². The number of carbonyl (C=O) groups is 2. The molecule has 1 fully saturated rings. The van der Waals surface area contributed by atoms with Gasteiger partial charge in [0.25, 0.3) is 5.91 Å². The van der Waals surface area contributed by atoms with Crippen molar-refractivity contribution in [2.75, 3.05) is 19.7 Å². The molecule has 1 heterocycles. The highest BCUT2D eigenvalue weighted by molar-refractivity contribution is 6.30. The predicted molar refractivity (Wildman–Crippen MR) is 105 cm³/mol. The van der Waals surface area contributed by atoms with Crippen molar-refractivity contribution in [3.63, 3.8) is 0 Å². The second-order valence-electron chi connectivity index (χ2n) is 7.31. The van der Waals surface area contributed by atoms with Crippen LogP contribution >= 0.6 is 11.6 Å². The summed E-state index contributed by atoms with van der Waals surface area (Å²) in [7, 11) is 0. The number of primary amides is 1. The molecular weight excluding hydrogens is 402 g/mol. The van der Waals surface area contributed by atoms with Gasteiger partial charge < -0.3 is 15.4 Å². The van der Waals surface area contributed by atoms with Crippen LogP contribution in [0.3, 0.4) is 0 Å². The molecule has 154 valence electrons. The zero-order chi connectivity index (χ0) is 21.0. The van der Waals surface area contributed by atoms with Gasteiger partial charge in [0, 0.05) is 29.9 Å². The number of hydrogen-bond acceptors (Lipinski definition) is 3. The molecule has 0 spiro atoms. The highest BCUT2D eigenvalue weighted by Gasteiger charge is 2.40. The first-order valence-electron chi connectivity index (χ1n) is 9.20. The summed E-state index contributed by atoms with van der Waals surface area (Å²) >= 11 is 5.87. The summed E-state index contributed by atoms with van der Waals surface area (Å²) in [6, 6.07) is 10.0. The number of halogens is 3. The van der Waals surface area contributed by atoms with E-state index in [0.717, 1.165) is 12.1 Å². The van der Waals surface area contributed by atoms with Crippen LogP contribution in [-0.2, 0) is 4.79 Å². The summed E-state index contributed by atoms with van der Waals surface area (Å²) in [5, 5.41) is 0.561. The number of carbonyl (C=O) groups excluding carboxylic acids is 2. The van der Waals surface area contributed by atoms with Crippen LogP contribution in [-0.4, -0.2) is 36.4 Å². The van der Waals surface area contributed by atoms with Crippen LogP contribution in [0.5, 0.6) is 5.75 Å². The van der Waals surface area contributed by atoms with E-state index in [9.17, 15) is 18.4 Å². The summed E-state index contributed by atoms with van der Waals surface area (Å²) < 4.78 is 34.0. The number of amides is 2. The van der Waals surface area contributed by atoms with Crippen LogP contribution < -0.4 is 10.5 Å². The predicted octanol–water partition coefficient (Wildman–Crippen LogP) is 3.80. The smallest absolute Gasteiger partial charge is 0.259 e. The fourth-order valence-corrected chi connectivity index (χ4v) is 3.82. The second-order valence-corrected chi connectivity index (χ2v) is 7.75. The van der Waals surface area contributed by atoms with E-state index in [4.69, 9.17) is 22.1 Å². The van der Waals surface area contributed by atoms with Crippen molar-refractivity contribution < 1.29 is 23.1 Å². The lowest BCUT2D eigenvalue weighted by atomic mass is 9.77. The molecule has 1 unspecified atom stereocenters. The molecule has 2 amide bonds. The Morgan fingerprint density at radius 3 is 2.41 bits per heavy atom. The molecule has 0 saturated carbocycles.